The lowest BCUT2D eigenvalue weighted by molar-refractivity contribution is -0.143. The summed E-state index contributed by atoms with van der Waals surface area (Å²) < 4.78 is 106. The van der Waals surface area contributed by atoms with Crippen LogP contribution in [0.2, 0.25) is 0 Å². The fourth-order valence-corrected chi connectivity index (χ4v) is 5.82. The fraction of sp³-hybridized carbons (Fsp3) is 0.217. The number of hydrogen-bond acceptors (Lipinski definition) is 7. The van der Waals surface area contributed by atoms with Gasteiger partial charge < -0.3 is 0 Å². The zero-order valence-electron chi connectivity index (χ0n) is 20.0. The Morgan fingerprint density at radius 1 is 1.05 bits per heavy atom. The molecule has 17 heteroatoms. The minimum Gasteiger partial charge on any atom is -0.274 e. The second-order valence-electron chi connectivity index (χ2n) is 8.50. The van der Waals surface area contributed by atoms with E-state index in [0.717, 1.165) is 17.7 Å². The molecule has 0 unspecified atom stereocenters. The molecule has 1 fully saturated rings. The summed E-state index contributed by atoms with van der Waals surface area (Å²) >= 11 is 0.469. The Labute approximate surface area is 225 Å². The highest BCUT2D eigenvalue weighted by molar-refractivity contribution is 8.18. The molecule has 212 valence electrons. The Balaban J connectivity index is 1.59. The Bertz CT molecular complexity index is 1680. The van der Waals surface area contributed by atoms with Crippen molar-refractivity contribution in [3.05, 3.63) is 69.8 Å². The van der Waals surface area contributed by atoms with Gasteiger partial charge in [0, 0.05) is 12.3 Å². The maximum absolute atomic E-state index is 13.5. The molecule has 40 heavy (non-hydrogen) atoms. The third-order valence-corrected chi connectivity index (χ3v) is 7.60. The van der Waals surface area contributed by atoms with E-state index in [4.69, 9.17) is 0 Å². The summed E-state index contributed by atoms with van der Waals surface area (Å²) in [5.41, 5.74) is -2.61. The van der Waals surface area contributed by atoms with Crippen LogP contribution in [-0.2, 0) is 38.5 Å². The number of aromatic nitrogens is 2. The summed E-state index contributed by atoms with van der Waals surface area (Å²) in [4.78, 5) is 36.2. The molecule has 1 aliphatic rings. The van der Waals surface area contributed by atoms with Crippen LogP contribution in [0, 0.1) is 0 Å². The number of nitrogens with zero attached hydrogens (tertiary/aromatic N) is 3. The highest BCUT2D eigenvalue weighted by atomic mass is 32.2. The largest absolute Gasteiger partial charge is 0.416 e. The number of fused-ring (bicyclic) bond motifs is 1. The van der Waals surface area contributed by atoms with Gasteiger partial charge in [0.2, 0.25) is 5.91 Å². The molecule has 2 heterocycles. The number of carbonyl (C=O) groups is 3. The van der Waals surface area contributed by atoms with Crippen LogP contribution in [-0.4, -0.2) is 46.0 Å². The smallest absolute Gasteiger partial charge is 0.274 e. The highest BCUT2D eigenvalue weighted by Crippen LogP contribution is 2.38. The molecule has 1 N–H and O–H groups in total. The van der Waals surface area contributed by atoms with E-state index in [-0.39, 0.29) is 11.0 Å². The lowest BCUT2D eigenvalue weighted by atomic mass is 10.0. The van der Waals surface area contributed by atoms with Crippen molar-refractivity contribution in [3.8, 4) is 0 Å². The molecule has 2 aromatic carbocycles. The van der Waals surface area contributed by atoms with Crippen molar-refractivity contribution in [3.63, 3.8) is 0 Å². The maximum atomic E-state index is 13.5. The number of halogens is 6. The number of benzene rings is 2. The topological polar surface area (TPSA) is 118 Å². The molecule has 1 aliphatic heterocycles. The fourth-order valence-electron chi connectivity index (χ4n) is 3.82. The molecule has 0 atom stereocenters. The molecule has 0 bridgehead atoms. The zero-order chi connectivity index (χ0) is 29.6. The van der Waals surface area contributed by atoms with Crippen molar-refractivity contribution >= 4 is 55.8 Å². The number of amides is 3. The van der Waals surface area contributed by atoms with Gasteiger partial charge >= 0.3 is 12.4 Å². The summed E-state index contributed by atoms with van der Waals surface area (Å²) in [6.07, 6.45) is -7.40. The molecule has 9 nitrogen and oxygen atoms in total. The van der Waals surface area contributed by atoms with E-state index in [0.29, 0.717) is 39.2 Å². The number of imide groups is 1. The van der Waals surface area contributed by atoms with Gasteiger partial charge in [0.1, 0.15) is 0 Å². The number of thioether (sulfide) groups is 1. The van der Waals surface area contributed by atoms with Gasteiger partial charge in [-0.25, -0.2) is 8.42 Å². The summed E-state index contributed by atoms with van der Waals surface area (Å²) in [5, 5.41) is 3.56. The Kier molecular flexibility index (Phi) is 7.48. The zero-order valence-corrected chi connectivity index (χ0v) is 21.6. The summed E-state index contributed by atoms with van der Waals surface area (Å²) in [6.45, 7) is 0.458. The van der Waals surface area contributed by atoms with Crippen LogP contribution in [0.3, 0.4) is 0 Å². The molecule has 0 radical (unpaired) electrons. The van der Waals surface area contributed by atoms with Crippen molar-refractivity contribution in [2.24, 2.45) is 0 Å². The Morgan fingerprint density at radius 2 is 1.75 bits per heavy atom. The van der Waals surface area contributed by atoms with Crippen LogP contribution >= 0.6 is 11.8 Å². The first-order chi connectivity index (χ1) is 18.4. The predicted molar refractivity (Wildman–Crippen MR) is 131 cm³/mol. The SMILES string of the molecule is CC(=O)NS(=O)(=O)CN1C(=O)S/C(=C\c2ccc3c(cnn3Cc3ccc(C(F)(F)F)cc3C(F)(F)F)c2)C1=O. The van der Waals surface area contributed by atoms with Gasteiger partial charge in [0.25, 0.3) is 21.2 Å². The third-order valence-electron chi connectivity index (χ3n) is 5.50. The number of carbonyl (C=O) groups excluding carboxylic acids is 3. The van der Waals surface area contributed by atoms with Gasteiger partial charge in [-0.1, -0.05) is 12.1 Å². The molecule has 0 spiro atoms. The van der Waals surface area contributed by atoms with Crippen molar-refractivity contribution in [2.45, 2.75) is 25.8 Å². The molecular weight excluding hydrogens is 590 g/mol. The van der Waals surface area contributed by atoms with E-state index in [1.807, 2.05) is 0 Å². The van der Waals surface area contributed by atoms with Crippen LogP contribution in [0.25, 0.3) is 17.0 Å². The van der Waals surface area contributed by atoms with E-state index in [9.17, 15) is 49.1 Å². The van der Waals surface area contributed by atoms with Crippen LogP contribution in [0.5, 0.6) is 0 Å². The maximum Gasteiger partial charge on any atom is 0.416 e. The van der Waals surface area contributed by atoms with Crippen molar-refractivity contribution in [2.75, 3.05) is 5.88 Å². The monoisotopic (exact) mass is 606 g/mol. The number of alkyl halides is 6. The lowest BCUT2D eigenvalue weighted by Crippen LogP contribution is -2.40. The first-order valence-electron chi connectivity index (χ1n) is 10.9. The number of rotatable bonds is 6. The Morgan fingerprint density at radius 3 is 2.38 bits per heavy atom. The quantitative estimate of drug-likeness (QED) is 0.322. The molecule has 4 rings (SSSR count). The molecule has 1 aromatic heterocycles. The van der Waals surface area contributed by atoms with Crippen LogP contribution in [0.4, 0.5) is 31.1 Å². The lowest BCUT2D eigenvalue weighted by Gasteiger charge is -2.16. The predicted octanol–water partition coefficient (Wildman–Crippen LogP) is 4.58. The van der Waals surface area contributed by atoms with E-state index < -0.39 is 68.5 Å². The number of nitrogens with one attached hydrogen (secondary N) is 1. The van der Waals surface area contributed by atoms with Crippen molar-refractivity contribution < 1.29 is 49.1 Å². The molecule has 3 aromatic rings. The van der Waals surface area contributed by atoms with E-state index in [1.54, 1.807) is 4.72 Å². The first kappa shape index (κ1) is 29.1. The van der Waals surface area contributed by atoms with Gasteiger partial charge in [0.05, 0.1) is 34.3 Å². The summed E-state index contributed by atoms with van der Waals surface area (Å²) in [6, 6.07) is 5.77. The first-order valence-corrected chi connectivity index (χ1v) is 13.4. The standard InChI is InChI=1S/C23H16F6N4O5S2/c1-12(34)31-40(37,38)11-32-20(35)19(39-21(32)36)7-13-2-5-18-15(6-13)9-30-33(18)10-14-3-4-16(22(24,25)26)8-17(14)23(27,28)29/h2-9H,10-11H2,1H3,(H,31,34)/b19-7-. The molecular formula is C23H16F6N4O5S2. The van der Waals surface area contributed by atoms with Gasteiger partial charge in [-0.15, -0.1) is 0 Å². The second-order valence-corrected chi connectivity index (χ2v) is 11.2. The van der Waals surface area contributed by atoms with E-state index >= 15 is 0 Å². The van der Waals surface area contributed by atoms with Crippen molar-refractivity contribution in [1.29, 1.82) is 0 Å². The molecule has 0 saturated carbocycles. The average Bonchev–Trinajstić information content (AvgIpc) is 3.32. The van der Waals surface area contributed by atoms with Crippen LogP contribution in [0.15, 0.2) is 47.5 Å². The Hall–Kier alpha value is -3.86. The summed E-state index contributed by atoms with van der Waals surface area (Å²) in [7, 11) is -4.29. The van der Waals surface area contributed by atoms with Crippen LogP contribution < -0.4 is 4.72 Å². The molecule has 1 saturated heterocycles. The minimum atomic E-state index is -5.04. The van der Waals surface area contributed by atoms with E-state index in [2.05, 4.69) is 5.10 Å². The van der Waals surface area contributed by atoms with Gasteiger partial charge in [-0.05, 0) is 53.2 Å². The third kappa shape index (κ3) is 6.30. The average molecular weight is 607 g/mol. The van der Waals surface area contributed by atoms with Gasteiger partial charge in [-0.3, -0.25) is 28.7 Å². The van der Waals surface area contributed by atoms with E-state index in [1.165, 1.54) is 30.5 Å². The van der Waals surface area contributed by atoms with Gasteiger partial charge in [-0.2, -0.15) is 31.4 Å². The minimum absolute atomic E-state index is 0.0492. The number of sulfonamides is 1. The summed E-state index contributed by atoms with van der Waals surface area (Å²) in [5.74, 6) is -2.88. The van der Waals surface area contributed by atoms with Gasteiger partial charge in [0.15, 0.2) is 5.88 Å². The molecule has 0 aliphatic carbocycles. The number of hydrogen-bond donors (Lipinski definition) is 1. The van der Waals surface area contributed by atoms with Crippen molar-refractivity contribution in [1.82, 2.24) is 19.4 Å². The van der Waals surface area contributed by atoms with Crippen LogP contribution in [0.1, 0.15) is 29.2 Å². The normalized spacial score (nSPS) is 15.9. The second kappa shape index (κ2) is 10.3. The highest BCUT2D eigenvalue weighted by Gasteiger charge is 2.39. The molecule has 3 amide bonds.